The van der Waals surface area contributed by atoms with E-state index in [-0.39, 0.29) is 66.5 Å². The van der Waals surface area contributed by atoms with E-state index in [4.69, 9.17) is 14.2 Å². The van der Waals surface area contributed by atoms with Crippen molar-refractivity contribution in [3.8, 4) is 5.75 Å². The molecule has 21 heteroatoms. The highest BCUT2D eigenvalue weighted by Crippen LogP contribution is 2.32. The molecule has 5 N–H and O–H groups in total. The molecule has 0 spiro atoms. The lowest BCUT2D eigenvalue weighted by Crippen LogP contribution is -2.59. The van der Waals surface area contributed by atoms with Crippen LogP contribution in [-0.2, 0) is 44.6 Å². The Labute approximate surface area is 413 Å². The van der Waals surface area contributed by atoms with Crippen molar-refractivity contribution in [2.45, 2.75) is 143 Å². The number of hydrogen-bond acceptors (Lipinski definition) is 16. The molecule has 1 fully saturated rings. The smallest absolute Gasteiger partial charge is 0.426 e. The Balaban J connectivity index is 1.89. The Hall–Kier alpha value is -4.60. The van der Waals surface area contributed by atoms with Crippen molar-refractivity contribution in [1.82, 2.24) is 36.3 Å². The van der Waals surface area contributed by atoms with Gasteiger partial charge in [0.2, 0.25) is 17.7 Å². The first kappa shape index (κ1) is 57.7. The molecule has 380 valence electrons. The van der Waals surface area contributed by atoms with Crippen molar-refractivity contribution in [3.63, 3.8) is 0 Å². The van der Waals surface area contributed by atoms with Crippen LogP contribution >= 0.6 is 32.9 Å². The summed E-state index contributed by atoms with van der Waals surface area (Å²) in [5.74, 6) is -2.56. The average molecular weight is 1010 g/mol. The molecule has 1 aliphatic heterocycles. The Morgan fingerprint density at radius 2 is 1.68 bits per heavy atom. The van der Waals surface area contributed by atoms with E-state index in [9.17, 15) is 38.7 Å². The summed E-state index contributed by atoms with van der Waals surface area (Å²) in [6, 6.07) is 3.79. The zero-order valence-electron chi connectivity index (χ0n) is 41.0. The van der Waals surface area contributed by atoms with Crippen LogP contribution in [0.15, 0.2) is 29.6 Å². The molecule has 2 heterocycles. The SMILES string of the molecule is CCCC(=O)OCN(C(=O)[C@@H](NC(=O)[C@H]1CCCCN1C)C(C)CC)[C@H](C[C@@H](OC(C)=O)c1nc(C(=O)N[C@@H](Cc2ccc(O)cc2)C[C@H](C)C(=O)NNC(=O)OCCSSCC)cs1)C(C)C. The molecule has 0 saturated carbocycles. The monoisotopic (exact) mass is 1010 g/mol. The highest BCUT2D eigenvalue weighted by atomic mass is 33.1. The molecule has 7 atom stereocenters. The van der Waals surface area contributed by atoms with E-state index in [0.29, 0.717) is 25.0 Å². The lowest BCUT2D eigenvalue weighted by atomic mass is 9.92. The Morgan fingerprint density at radius 3 is 2.31 bits per heavy atom. The maximum atomic E-state index is 14.9. The second-order valence-electron chi connectivity index (χ2n) is 17.4. The van der Waals surface area contributed by atoms with Gasteiger partial charge in [-0.3, -0.25) is 39.1 Å². The number of thiazole rings is 1. The fraction of sp³-hybridized carbons (Fsp3) is 0.660. The first-order valence-corrected chi connectivity index (χ1v) is 26.9. The zero-order valence-corrected chi connectivity index (χ0v) is 43.5. The minimum atomic E-state index is -1.04. The van der Waals surface area contributed by atoms with Crippen LogP contribution in [0.2, 0.25) is 0 Å². The number of phenols is 1. The summed E-state index contributed by atoms with van der Waals surface area (Å²) in [6.45, 7) is 14.9. The van der Waals surface area contributed by atoms with Gasteiger partial charge in [0.25, 0.3) is 5.91 Å². The normalized spacial score (nSPS) is 16.5. The van der Waals surface area contributed by atoms with Gasteiger partial charge >= 0.3 is 18.0 Å². The summed E-state index contributed by atoms with van der Waals surface area (Å²) in [5.41, 5.74) is 5.43. The van der Waals surface area contributed by atoms with E-state index < -0.39 is 78.7 Å². The number of aromatic hydroxyl groups is 1. The molecule has 18 nitrogen and oxygen atoms in total. The quantitative estimate of drug-likeness (QED) is 0.0160. The number of aromatic nitrogens is 1. The number of likely N-dealkylation sites (N-methyl/N-ethyl adjacent to an activating group) is 1. The first-order valence-electron chi connectivity index (χ1n) is 23.5. The number of carbonyl (C=O) groups excluding carboxylic acids is 7. The number of amides is 5. The second kappa shape index (κ2) is 30.1. The van der Waals surface area contributed by atoms with Gasteiger partial charge in [0.05, 0.1) is 6.04 Å². The molecule has 0 radical (unpaired) electrons. The molecule has 3 rings (SSSR count). The molecular weight excluding hydrogens is 935 g/mol. The number of benzene rings is 1. The molecule has 5 amide bonds. The van der Waals surface area contributed by atoms with Crippen molar-refractivity contribution in [2.75, 3.05) is 38.4 Å². The maximum Gasteiger partial charge on any atom is 0.426 e. The van der Waals surface area contributed by atoms with Gasteiger partial charge in [-0.05, 0) is 75.2 Å². The van der Waals surface area contributed by atoms with Gasteiger partial charge in [-0.2, -0.15) is 0 Å². The molecule has 68 heavy (non-hydrogen) atoms. The Kier molecular flexibility index (Phi) is 25.6. The average Bonchev–Trinajstić information content (AvgIpc) is 3.80. The van der Waals surface area contributed by atoms with Gasteiger partial charge in [-0.15, -0.1) is 11.3 Å². The Morgan fingerprint density at radius 1 is 0.956 bits per heavy atom. The summed E-state index contributed by atoms with van der Waals surface area (Å²) < 4.78 is 16.7. The number of likely N-dealkylation sites (tertiary alicyclic amines) is 1. The van der Waals surface area contributed by atoms with Gasteiger partial charge in [0.1, 0.15) is 29.1 Å². The summed E-state index contributed by atoms with van der Waals surface area (Å²) in [4.78, 5) is 101. The summed E-state index contributed by atoms with van der Waals surface area (Å²) in [5, 5.41) is 17.7. The highest BCUT2D eigenvalue weighted by Gasteiger charge is 2.39. The van der Waals surface area contributed by atoms with Crippen LogP contribution in [0, 0.1) is 17.8 Å². The standard InChI is InChI=1S/C47H73N7O11S3/c1-10-15-40(57)64-28-54(46(61)41(30(6)11-2)50-44(60)37-16-13-14-21-53(37)9)38(29(4)5)26-39(65-32(8)55)45-49-36(27-66-45)43(59)48-34(25-33-17-19-35(56)20-18-33)24-31(7)42(58)51-52-47(62)63-22-23-68-67-12-3/h17-20,27,29-31,34,37-39,41,56H,10-16,21-26,28H2,1-9H3,(H,48,59)(H,50,60)(H,51,58)(H,52,62)/t30?,31-,34+,37+,38+,39+,41-/m0/s1. The van der Waals surface area contributed by atoms with Crippen LogP contribution in [0.25, 0.3) is 0 Å². The molecule has 1 aromatic carbocycles. The Bertz CT molecular complexity index is 1940. The largest absolute Gasteiger partial charge is 0.508 e. The van der Waals surface area contributed by atoms with Gasteiger partial charge in [0, 0.05) is 54.7 Å². The number of piperidine rings is 1. The first-order chi connectivity index (χ1) is 32.4. The molecule has 1 aromatic heterocycles. The minimum Gasteiger partial charge on any atom is -0.508 e. The van der Waals surface area contributed by atoms with Crippen LogP contribution < -0.4 is 21.5 Å². The molecule has 1 aliphatic rings. The summed E-state index contributed by atoms with van der Waals surface area (Å²) >= 11 is 1.09. The van der Waals surface area contributed by atoms with Crippen LogP contribution in [0.4, 0.5) is 4.79 Å². The lowest BCUT2D eigenvalue weighted by molar-refractivity contribution is -0.160. The summed E-state index contributed by atoms with van der Waals surface area (Å²) in [7, 11) is 5.11. The predicted octanol–water partition coefficient (Wildman–Crippen LogP) is 6.54. The van der Waals surface area contributed by atoms with Crippen LogP contribution in [0.5, 0.6) is 5.75 Å². The third-order valence-corrected chi connectivity index (χ3v) is 15.0. The molecule has 2 aromatic rings. The number of ether oxygens (including phenoxy) is 3. The predicted molar refractivity (Wildman–Crippen MR) is 264 cm³/mol. The molecule has 0 bridgehead atoms. The van der Waals surface area contributed by atoms with Crippen LogP contribution in [-0.4, -0.2) is 124 Å². The highest BCUT2D eigenvalue weighted by molar-refractivity contribution is 8.76. The van der Waals surface area contributed by atoms with Gasteiger partial charge < -0.3 is 34.9 Å². The number of nitrogens with one attached hydrogen (secondary N) is 4. The van der Waals surface area contributed by atoms with E-state index in [1.165, 1.54) is 29.3 Å². The number of phenolic OH excluding ortho intramolecular Hbond substituents is 1. The topological polar surface area (TPSA) is 235 Å². The number of hydrogen-bond donors (Lipinski definition) is 5. The fourth-order valence-corrected chi connectivity index (χ4v) is 9.99. The van der Waals surface area contributed by atoms with Crippen molar-refractivity contribution in [1.29, 1.82) is 0 Å². The lowest BCUT2D eigenvalue weighted by Gasteiger charge is -2.39. The summed E-state index contributed by atoms with van der Waals surface area (Å²) in [6.07, 6.45) is 2.39. The van der Waals surface area contributed by atoms with Crippen molar-refractivity contribution in [2.24, 2.45) is 17.8 Å². The third-order valence-electron chi connectivity index (χ3n) is 11.6. The fourth-order valence-electron chi connectivity index (χ4n) is 7.66. The van der Waals surface area contributed by atoms with E-state index in [0.717, 1.165) is 42.0 Å². The van der Waals surface area contributed by atoms with Crippen LogP contribution in [0.3, 0.4) is 0 Å². The van der Waals surface area contributed by atoms with Crippen LogP contribution in [0.1, 0.15) is 134 Å². The van der Waals surface area contributed by atoms with Gasteiger partial charge in [-0.25, -0.2) is 15.2 Å². The minimum absolute atomic E-state index is 0.0179. The number of hydrazine groups is 1. The number of nitrogens with zero attached hydrogens (tertiary/aromatic N) is 3. The zero-order chi connectivity index (χ0) is 50.3. The number of carbonyl (C=O) groups is 7. The molecule has 0 aliphatic carbocycles. The number of esters is 2. The van der Waals surface area contributed by atoms with Crippen molar-refractivity contribution in [3.05, 3.63) is 45.9 Å². The van der Waals surface area contributed by atoms with Crippen molar-refractivity contribution < 1.29 is 52.9 Å². The third kappa shape index (κ3) is 19.4. The second-order valence-corrected chi connectivity index (χ2v) is 21.2. The molecule has 1 unspecified atom stereocenters. The maximum absolute atomic E-state index is 14.9. The molecule has 1 saturated heterocycles. The molecular formula is C47H73N7O11S3. The van der Waals surface area contributed by atoms with E-state index in [1.807, 2.05) is 53.5 Å². The van der Waals surface area contributed by atoms with Gasteiger partial charge in [-0.1, -0.05) is 95.0 Å². The van der Waals surface area contributed by atoms with E-state index in [2.05, 4.69) is 26.5 Å². The van der Waals surface area contributed by atoms with E-state index >= 15 is 0 Å². The number of rotatable bonds is 27. The van der Waals surface area contributed by atoms with E-state index in [1.54, 1.807) is 40.6 Å². The van der Waals surface area contributed by atoms with Gasteiger partial charge in [0.15, 0.2) is 12.8 Å². The van der Waals surface area contributed by atoms with Crippen molar-refractivity contribution >= 4 is 74.6 Å².